The number of nitrogens with two attached hydrogens (primary N) is 1. The summed E-state index contributed by atoms with van der Waals surface area (Å²) in [7, 11) is -1.74. The monoisotopic (exact) mass is 306 g/mol. The van der Waals surface area contributed by atoms with E-state index in [-0.39, 0.29) is 0 Å². The van der Waals surface area contributed by atoms with Crippen LogP contribution in [0, 0.1) is 6.92 Å². The second-order valence-corrected chi connectivity index (χ2v) is 7.36. The van der Waals surface area contributed by atoms with Crippen molar-refractivity contribution in [1.29, 1.82) is 0 Å². The molecule has 0 aliphatic carbocycles. The first-order valence-electron chi connectivity index (χ1n) is 6.29. The van der Waals surface area contributed by atoms with E-state index < -0.39 is 10.0 Å². The predicted molar refractivity (Wildman–Crippen MR) is 77.9 cm³/mol. The molecule has 1 rings (SSSR count). The summed E-state index contributed by atoms with van der Waals surface area (Å²) in [6, 6.07) is 1.66. The Kier molecular flexibility index (Phi) is 6.95. The maximum Gasteiger partial charge on any atom is 0.241 e. The summed E-state index contributed by atoms with van der Waals surface area (Å²) in [4.78, 5) is 2.03. The minimum atomic E-state index is -3.40. The summed E-state index contributed by atoms with van der Waals surface area (Å²) < 4.78 is 31.8. The molecule has 0 atom stereocenters. The number of unbranched alkanes of at least 4 members (excludes halogenated alkanes) is 2. The molecule has 0 radical (unpaired) electrons. The van der Waals surface area contributed by atoms with Gasteiger partial charge in [-0.15, -0.1) is 11.3 Å². The van der Waals surface area contributed by atoms with Gasteiger partial charge in [0.25, 0.3) is 0 Å². The molecule has 1 aromatic rings. The standard InChI is InChI=1S/C12H22N2O3S2/c1-10-12(8-11(9-13)18-10)19(15,16)14-6-4-3-5-7-17-2/h8,14H,3-7,9,13H2,1-2H3. The molecule has 0 aliphatic heterocycles. The Bertz CT molecular complexity index is 483. The van der Waals surface area contributed by atoms with Crippen LogP contribution in [0.3, 0.4) is 0 Å². The molecule has 5 nitrogen and oxygen atoms in total. The zero-order chi connectivity index (χ0) is 14.3. The maximum absolute atomic E-state index is 12.1. The van der Waals surface area contributed by atoms with Gasteiger partial charge in [-0.3, -0.25) is 0 Å². The highest BCUT2D eigenvalue weighted by Crippen LogP contribution is 2.25. The number of rotatable bonds is 9. The molecule has 0 spiro atoms. The smallest absolute Gasteiger partial charge is 0.241 e. The zero-order valence-electron chi connectivity index (χ0n) is 11.4. The third-order valence-electron chi connectivity index (χ3n) is 2.73. The summed E-state index contributed by atoms with van der Waals surface area (Å²) in [5.41, 5.74) is 5.53. The van der Waals surface area contributed by atoms with E-state index in [1.165, 1.54) is 11.3 Å². The number of thiophene rings is 1. The number of hydrogen-bond acceptors (Lipinski definition) is 5. The molecule has 19 heavy (non-hydrogen) atoms. The summed E-state index contributed by atoms with van der Waals surface area (Å²) in [5.74, 6) is 0. The summed E-state index contributed by atoms with van der Waals surface area (Å²) >= 11 is 1.43. The fourth-order valence-electron chi connectivity index (χ4n) is 1.72. The Morgan fingerprint density at radius 1 is 1.37 bits per heavy atom. The number of aryl methyl sites for hydroxylation is 1. The summed E-state index contributed by atoms with van der Waals surface area (Å²) in [6.07, 6.45) is 2.72. The number of ether oxygens (including phenoxy) is 1. The van der Waals surface area contributed by atoms with Crippen molar-refractivity contribution < 1.29 is 13.2 Å². The molecule has 0 saturated heterocycles. The van der Waals surface area contributed by atoms with Crippen molar-refractivity contribution in [2.75, 3.05) is 20.3 Å². The lowest BCUT2D eigenvalue weighted by molar-refractivity contribution is 0.192. The van der Waals surface area contributed by atoms with Gasteiger partial charge in [0.15, 0.2) is 0 Å². The van der Waals surface area contributed by atoms with Crippen LogP contribution in [-0.4, -0.2) is 28.7 Å². The highest BCUT2D eigenvalue weighted by atomic mass is 32.2. The van der Waals surface area contributed by atoms with Crippen LogP contribution in [0.15, 0.2) is 11.0 Å². The van der Waals surface area contributed by atoms with Gasteiger partial charge in [0.05, 0.1) is 4.90 Å². The third kappa shape index (κ3) is 5.19. The van der Waals surface area contributed by atoms with Crippen molar-refractivity contribution in [2.45, 2.75) is 37.6 Å². The molecule has 110 valence electrons. The van der Waals surface area contributed by atoms with Crippen molar-refractivity contribution in [3.05, 3.63) is 15.8 Å². The average molecular weight is 306 g/mol. The molecular weight excluding hydrogens is 284 g/mol. The molecule has 0 fully saturated rings. The molecule has 0 amide bonds. The second kappa shape index (κ2) is 7.96. The molecule has 0 unspecified atom stereocenters. The number of hydrogen-bond donors (Lipinski definition) is 2. The van der Waals surface area contributed by atoms with Crippen LogP contribution in [0.25, 0.3) is 0 Å². The normalized spacial score (nSPS) is 11.9. The summed E-state index contributed by atoms with van der Waals surface area (Å²) in [5, 5.41) is 0. The topological polar surface area (TPSA) is 81.4 Å². The van der Waals surface area contributed by atoms with Crippen molar-refractivity contribution in [2.24, 2.45) is 5.73 Å². The van der Waals surface area contributed by atoms with E-state index in [0.717, 1.165) is 35.6 Å². The highest BCUT2D eigenvalue weighted by molar-refractivity contribution is 7.89. The predicted octanol–water partition coefficient (Wildman–Crippen LogP) is 1.61. The molecule has 0 aliphatic rings. The Morgan fingerprint density at radius 2 is 2.11 bits per heavy atom. The zero-order valence-corrected chi connectivity index (χ0v) is 13.1. The average Bonchev–Trinajstić information content (AvgIpc) is 2.76. The Balaban J connectivity index is 2.49. The lowest BCUT2D eigenvalue weighted by atomic mass is 10.2. The fourth-order valence-corrected chi connectivity index (χ4v) is 4.31. The van der Waals surface area contributed by atoms with Gasteiger partial charge in [-0.25, -0.2) is 13.1 Å². The molecular formula is C12H22N2O3S2. The van der Waals surface area contributed by atoms with Gasteiger partial charge in [0.1, 0.15) is 0 Å². The molecule has 0 saturated carbocycles. The van der Waals surface area contributed by atoms with Crippen LogP contribution < -0.4 is 10.5 Å². The number of nitrogens with one attached hydrogen (secondary N) is 1. The van der Waals surface area contributed by atoms with Crippen molar-refractivity contribution in [3.63, 3.8) is 0 Å². The van der Waals surface area contributed by atoms with Crippen LogP contribution in [0.1, 0.15) is 29.0 Å². The quantitative estimate of drug-likeness (QED) is 0.679. The third-order valence-corrected chi connectivity index (χ3v) is 5.52. The maximum atomic E-state index is 12.1. The Labute approximate surface area is 119 Å². The van der Waals surface area contributed by atoms with Gasteiger partial charge < -0.3 is 10.5 Å². The minimum Gasteiger partial charge on any atom is -0.385 e. The first kappa shape index (κ1) is 16.6. The largest absolute Gasteiger partial charge is 0.385 e. The lowest BCUT2D eigenvalue weighted by Crippen LogP contribution is -2.25. The molecule has 1 aromatic heterocycles. The molecule has 0 aromatic carbocycles. The first-order valence-corrected chi connectivity index (χ1v) is 8.59. The van der Waals surface area contributed by atoms with E-state index in [1.807, 2.05) is 0 Å². The Morgan fingerprint density at radius 3 is 2.68 bits per heavy atom. The van der Waals surface area contributed by atoms with E-state index in [2.05, 4.69) is 4.72 Å². The van der Waals surface area contributed by atoms with Gasteiger partial charge in [0.2, 0.25) is 10.0 Å². The molecule has 7 heteroatoms. The molecule has 0 bridgehead atoms. The Hall–Kier alpha value is -0.470. The van der Waals surface area contributed by atoms with Crippen LogP contribution >= 0.6 is 11.3 Å². The number of sulfonamides is 1. The van der Waals surface area contributed by atoms with Gasteiger partial charge >= 0.3 is 0 Å². The van der Waals surface area contributed by atoms with E-state index in [0.29, 0.717) is 18.0 Å². The van der Waals surface area contributed by atoms with Gasteiger partial charge in [0, 0.05) is 36.6 Å². The summed E-state index contributed by atoms with van der Waals surface area (Å²) in [6.45, 7) is 3.35. The van der Waals surface area contributed by atoms with Crippen molar-refractivity contribution in [1.82, 2.24) is 4.72 Å². The van der Waals surface area contributed by atoms with Gasteiger partial charge in [-0.1, -0.05) is 0 Å². The van der Waals surface area contributed by atoms with Crippen LogP contribution in [0.5, 0.6) is 0 Å². The van der Waals surface area contributed by atoms with Gasteiger partial charge in [-0.05, 0) is 32.3 Å². The first-order chi connectivity index (χ1) is 9.01. The lowest BCUT2D eigenvalue weighted by Gasteiger charge is -2.06. The van der Waals surface area contributed by atoms with E-state index >= 15 is 0 Å². The van der Waals surface area contributed by atoms with Crippen LogP contribution in [0.2, 0.25) is 0 Å². The SMILES string of the molecule is COCCCCCNS(=O)(=O)c1cc(CN)sc1C. The highest BCUT2D eigenvalue weighted by Gasteiger charge is 2.18. The van der Waals surface area contributed by atoms with E-state index in [9.17, 15) is 8.42 Å². The molecule has 1 heterocycles. The number of methoxy groups -OCH3 is 1. The molecule has 3 N–H and O–H groups in total. The van der Waals surface area contributed by atoms with Crippen LogP contribution in [0.4, 0.5) is 0 Å². The van der Waals surface area contributed by atoms with E-state index in [4.69, 9.17) is 10.5 Å². The fraction of sp³-hybridized carbons (Fsp3) is 0.667. The second-order valence-electron chi connectivity index (χ2n) is 4.29. The van der Waals surface area contributed by atoms with Crippen LogP contribution in [-0.2, 0) is 21.3 Å². The minimum absolute atomic E-state index is 0.356. The van der Waals surface area contributed by atoms with Crippen molar-refractivity contribution in [3.8, 4) is 0 Å². The van der Waals surface area contributed by atoms with Gasteiger partial charge in [-0.2, -0.15) is 0 Å². The van der Waals surface area contributed by atoms with E-state index in [1.54, 1.807) is 20.1 Å². The van der Waals surface area contributed by atoms with Crippen molar-refractivity contribution >= 4 is 21.4 Å².